The molecule has 0 aliphatic carbocycles. The van der Waals surface area contributed by atoms with E-state index in [1.54, 1.807) is 47.9 Å². The van der Waals surface area contributed by atoms with Gasteiger partial charge in [-0.1, -0.05) is 30.3 Å². The number of halogens is 6. The fourth-order valence-electron chi connectivity index (χ4n) is 3.98. The zero-order valence-electron chi connectivity index (χ0n) is 17.2. The predicted molar refractivity (Wildman–Crippen MR) is 112 cm³/mol. The Kier molecular flexibility index (Phi) is 5.44. The van der Waals surface area contributed by atoms with Crippen molar-refractivity contribution < 1.29 is 26.3 Å². The quantitative estimate of drug-likeness (QED) is 0.291. The summed E-state index contributed by atoms with van der Waals surface area (Å²) in [4.78, 5) is 0. The van der Waals surface area contributed by atoms with E-state index >= 15 is 0 Å². The van der Waals surface area contributed by atoms with Gasteiger partial charge < -0.3 is 4.57 Å². The number of benzene rings is 3. The lowest BCUT2D eigenvalue weighted by Crippen LogP contribution is -2.09. The summed E-state index contributed by atoms with van der Waals surface area (Å²) < 4.78 is 81.9. The Balaban J connectivity index is 1.77. The van der Waals surface area contributed by atoms with E-state index < -0.39 is 29.0 Å². The molecule has 4 rings (SSSR count). The minimum Gasteiger partial charge on any atom is -0.340 e. The number of fused-ring (bicyclic) bond motifs is 1. The van der Waals surface area contributed by atoms with Gasteiger partial charge in [0.1, 0.15) is 0 Å². The molecule has 0 spiro atoms. The van der Waals surface area contributed by atoms with Crippen molar-refractivity contribution in [3.8, 4) is 17.2 Å². The molecule has 0 bridgehead atoms. The van der Waals surface area contributed by atoms with Crippen molar-refractivity contribution in [3.63, 3.8) is 0 Å². The summed E-state index contributed by atoms with van der Waals surface area (Å²) in [7, 11) is 0. The summed E-state index contributed by atoms with van der Waals surface area (Å²) >= 11 is 0. The van der Waals surface area contributed by atoms with Crippen LogP contribution in [0.1, 0.15) is 27.9 Å². The third-order valence-electron chi connectivity index (χ3n) is 5.49. The fraction of sp³-hybridized carbons (Fsp3) is 0.160. The van der Waals surface area contributed by atoms with Gasteiger partial charge in [-0.2, -0.15) is 31.6 Å². The average molecular weight is 458 g/mol. The topological polar surface area (TPSA) is 28.7 Å². The molecule has 33 heavy (non-hydrogen) atoms. The summed E-state index contributed by atoms with van der Waals surface area (Å²) in [6.45, 7) is 1.88. The van der Waals surface area contributed by atoms with Crippen LogP contribution < -0.4 is 0 Å². The number of rotatable bonds is 3. The van der Waals surface area contributed by atoms with E-state index in [1.807, 2.05) is 0 Å². The molecule has 0 amide bonds. The van der Waals surface area contributed by atoms with Gasteiger partial charge in [-0.3, -0.25) is 0 Å². The van der Waals surface area contributed by atoms with Crippen molar-refractivity contribution in [1.82, 2.24) is 4.57 Å². The van der Waals surface area contributed by atoms with Gasteiger partial charge in [0.25, 0.3) is 0 Å². The van der Waals surface area contributed by atoms with Crippen LogP contribution in [0.15, 0.2) is 66.7 Å². The van der Waals surface area contributed by atoms with Gasteiger partial charge in [0.05, 0.1) is 22.8 Å². The van der Waals surface area contributed by atoms with Crippen LogP contribution in [-0.2, 0) is 18.9 Å². The Hall–Kier alpha value is -3.73. The highest BCUT2D eigenvalue weighted by Crippen LogP contribution is 2.39. The van der Waals surface area contributed by atoms with Gasteiger partial charge in [-0.15, -0.1) is 0 Å². The Morgan fingerprint density at radius 3 is 2.12 bits per heavy atom. The first-order valence-corrected chi connectivity index (χ1v) is 9.86. The highest BCUT2D eigenvalue weighted by atomic mass is 19.4. The van der Waals surface area contributed by atoms with Crippen LogP contribution in [0.2, 0.25) is 0 Å². The molecule has 0 radical (unpaired) electrons. The smallest absolute Gasteiger partial charge is 0.340 e. The molecular formula is C25H16F6N2. The second kappa shape index (κ2) is 8.00. The normalized spacial score (nSPS) is 12.2. The number of hydrogen-bond acceptors (Lipinski definition) is 1. The summed E-state index contributed by atoms with van der Waals surface area (Å²) in [5.41, 5.74) is 0.377. The van der Waals surface area contributed by atoms with Crippen molar-refractivity contribution in [3.05, 3.63) is 94.7 Å². The summed E-state index contributed by atoms with van der Waals surface area (Å²) in [5.74, 6) is 0. The lowest BCUT2D eigenvalue weighted by molar-refractivity contribution is -0.138. The molecule has 0 N–H and O–H groups in total. The van der Waals surface area contributed by atoms with Gasteiger partial charge in [0, 0.05) is 23.1 Å². The maximum absolute atomic E-state index is 13.6. The predicted octanol–water partition coefficient (Wildman–Crippen LogP) is 7.57. The largest absolute Gasteiger partial charge is 0.418 e. The van der Waals surface area contributed by atoms with Crippen molar-refractivity contribution in [2.75, 3.05) is 0 Å². The van der Waals surface area contributed by atoms with E-state index in [0.29, 0.717) is 27.9 Å². The Morgan fingerprint density at radius 1 is 0.818 bits per heavy atom. The van der Waals surface area contributed by atoms with E-state index in [-0.39, 0.29) is 11.9 Å². The van der Waals surface area contributed by atoms with E-state index in [4.69, 9.17) is 5.26 Å². The van der Waals surface area contributed by atoms with Crippen LogP contribution in [0.4, 0.5) is 26.3 Å². The zero-order chi connectivity index (χ0) is 24.0. The molecule has 0 atom stereocenters. The fourth-order valence-corrected chi connectivity index (χ4v) is 3.98. The number of alkyl halides is 6. The number of nitriles is 1. The Labute approximate surface area is 185 Å². The molecule has 4 aromatic rings. The molecule has 2 nitrogen and oxygen atoms in total. The minimum absolute atomic E-state index is 0.0620. The second-order valence-corrected chi connectivity index (χ2v) is 7.68. The number of aryl methyl sites for hydroxylation is 1. The Morgan fingerprint density at radius 2 is 1.48 bits per heavy atom. The first kappa shape index (κ1) is 22.5. The van der Waals surface area contributed by atoms with E-state index in [9.17, 15) is 26.3 Å². The van der Waals surface area contributed by atoms with E-state index in [0.717, 1.165) is 18.2 Å². The molecule has 1 aromatic heterocycles. The number of hydrogen-bond donors (Lipinski definition) is 0. The molecule has 3 aromatic carbocycles. The van der Waals surface area contributed by atoms with Gasteiger partial charge in [-0.05, 0) is 60.0 Å². The zero-order valence-corrected chi connectivity index (χ0v) is 17.2. The summed E-state index contributed by atoms with van der Waals surface area (Å²) in [6.07, 6.45) is -9.15. The second-order valence-electron chi connectivity index (χ2n) is 7.68. The monoisotopic (exact) mass is 458 g/mol. The van der Waals surface area contributed by atoms with Crippen LogP contribution >= 0.6 is 0 Å². The van der Waals surface area contributed by atoms with Crippen LogP contribution in [0.3, 0.4) is 0 Å². The van der Waals surface area contributed by atoms with E-state index in [2.05, 4.69) is 0 Å². The highest BCUT2D eigenvalue weighted by molar-refractivity contribution is 5.87. The van der Waals surface area contributed by atoms with Crippen LogP contribution in [-0.4, -0.2) is 4.57 Å². The SMILES string of the molecule is Cc1cc2c(C(F)(F)F)c(C#N)ccc2n1Cc1cccc(-c2cccc(C(F)(F)F)c2)c1. The first-order chi connectivity index (χ1) is 15.5. The molecular weight excluding hydrogens is 442 g/mol. The third-order valence-corrected chi connectivity index (χ3v) is 5.49. The molecule has 0 saturated heterocycles. The number of nitrogens with zero attached hydrogens (tertiary/aromatic N) is 2. The van der Waals surface area contributed by atoms with Crippen LogP contribution in [0, 0.1) is 18.3 Å². The van der Waals surface area contributed by atoms with Crippen LogP contribution in [0.25, 0.3) is 22.0 Å². The standard InChI is InChI=1S/C25H16F6N2/c1-15-10-21-22(9-8-19(13-32)23(21)25(29,30)31)33(15)14-16-4-2-5-17(11-16)18-6-3-7-20(12-18)24(26,27)28/h2-12H,14H2,1H3. The summed E-state index contributed by atoms with van der Waals surface area (Å²) in [6, 6.07) is 17.5. The maximum Gasteiger partial charge on any atom is 0.418 e. The molecule has 1 heterocycles. The molecule has 0 aliphatic heterocycles. The number of aromatic nitrogens is 1. The third kappa shape index (κ3) is 4.31. The molecule has 168 valence electrons. The lowest BCUT2D eigenvalue weighted by Gasteiger charge is -2.13. The van der Waals surface area contributed by atoms with E-state index in [1.165, 1.54) is 18.2 Å². The molecule has 0 aliphatic rings. The van der Waals surface area contributed by atoms with Gasteiger partial charge in [0.15, 0.2) is 0 Å². The Bertz CT molecular complexity index is 1390. The maximum atomic E-state index is 13.6. The van der Waals surface area contributed by atoms with Gasteiger partial charge in [0.2, 0.25) is 0 Å². The van der Waals surface area contributed by atoms with Crippen molar-refractivity contribution >= 4 is 10.9 Å². The highest BCUT2D eigenvalue weighted by Gasteiger charge is 2.36. The minimum atomic E-state index is -4.69. The van der Waals surface area contributed by atoms with Crippen molar-refractivity contribution in [2.24, 2.45) is 0 Å². The van der Waals surface area contributed by atoms with Gasteiger partial charge >= 0.3 is 12.4 Å². The van der Waals surface area contributed by atoms with Crippen molar-refractivity contribution in [1.29, 1.82) is 5.26 Å². The van der Waals surface area contributed by atoms with Crippen molar-refractivity contribution in [2.45, 2.75) is 25.8 Å². The average Bonchev–Trinajstić information content (AvgIpc) is 3.06. The first-order valence-electron chi connectivity index (χ1n) is 9.86. The lowest BCUT2D eigenvalue weighted by atomic mass is 10.0. The van der Waals surface area contributed by atoms with Crippen LogP contribution in [0.5, 0.6) is 0 Å². The van der Waals surface area contributed by atoms with Gasteiger partial charge in [-0.25, -0.2) is 0 Å². The molecule has 0 unspecified atom stereocenters. The molecule has 8 heteroatoms. The summed E-state index contributed by atoms with van der Waals surface area (Å²) in [5, 5.41) is 9.07. The molecule has 0 saturated carbocycles. The molecule has 0 fully saturated rings.